The Balaban J connectivity index is 1.31. The summed E-state index contributed by atoms with van der Waals surface area (Å²) in [5.74, 6) is 0.238. The predicted molar refractivity (Wildman–Crippen MR) is 136 cm³/mol. The molecule has 2 aromatic carbocycles. The van der Waals surface area contributed by atoms with E-state index < -0.39 is 5.82 Å². The van der Waals surface area contributed by atoms with Crippen molar-refractivity contribution in [2.24, 2.45) is 5.41 Å². The average molecular weight is 496 g/mol. The molecule has 0 atom stereocenters. The van der Waals surface area contributed by atoms with Gasteiger partial charge in [-0.15, -0.1) is 0 Å². The normalized spacial score (nSPS) is 17.1. The van der Waals surface area contributed by atoms with E-state index in [1.807, 2.05) is 6.08 Å². The van der Waals surface area contributed by atoms with Crippen molar-refractivity contribution in [3.8, 4) is 5.75 Å². The second-order valence-corrected chi connectivity index (χ2v) is 9.68. The van der Waals surface area contributed by atoms with Crippen molar-refractivity contribution in [1.82, 2.24) is 14.9 Å². The number of benzene rings is 2. The smallest absolute Gasteiger partial charge is 0.248 e. The minimum Gasteiger partial charge on any atom is -0.494 e. The first-order valence-electron chi connectivity index (χ1n) is 11.7. The molecule has 7 nitrogen and oxygen atoms in total. The molecular formula is C26H27ClFN5O2. The van der Waals surface area contributed by atoms with E-state index in [0.717, 1.165) is 19.6 Å². The number of hydrogen-bond donors (Lipinski definition) is 2. The Morgan fingerprint density at radius 3 is 2.83 bits per heavy atom. The highest BCUT2D eigenvalue weighted by Gasteiger charge is 2.42. The number of methoxy groups -OCH3 is 1. The molecular weight excluding hydrogens is 469 g/mol. The Hall–Kier alpha value is -3.23. The van der Waals surface area contributed by atoms with Crippen LogP contribution in [0.15, 0.2) is 48.8 Å². The summed E-state index contributed by atoms with van der Waals surface area (Å²) in [4.78, 5) is 23.7. The maximum atomic E-state index is 13.5. The number of carbonyl (C=O) groups excluding carboxylic acids is 1. The van der Waals surface area contributed by atoms with Crippen molar-refractivity contribution in [3.05, 3.63) is 59.7 Å². The molecule has 0 bridgehead atoms. The molecule has 2 aliphatic rings. The van der Waals surface area contributed by atoms with Crippen LogP contribution in [0.4, 0.5) is 21.6 Å². The first kappa shape index (κ1) is 23.5. The van der Waals surface area contributed by atoms with Crippen LogP contribution >= 0.6 is 11.6 Å². The van der Waals surface area contributed by atoms with E-state index in [4.69, 9.17) is 16.3 Å². The summed E-state index contributed by atoms with van der Waals surface area (Å²) in [7, 11) is 1.54. The highest BCUT2D eigenvalue weighted by molar-refractivity contribution is 6.31. The summed E-state index contributed by atoms with van der Waals surface area (Å²) in [5, 5.41) is 6.71. The number of halogens is 2. The zero-order valence-corrected chi connectivity index (χ0v) is 20.2. The Morgan fingerprint density at radius 1 is 1.26 bits per heavy atom. The lowest BCUT2D eigenvalue weighted by Gasteiger charge is -2.38. The quantitative estimate of drug-likeness (QED) is 0.419. The van der Waals surface area contributed by atoms with Crippen LogP contribution in [0, 0.1) is 11.2 Å². The summed E-state index contributed by atoms with van der Waals surface area (Å²) >= 11 is 5.91. The van der Waals surface area contributed by atoms with Crippen LogP contribution in [0.2, 0.25) is 5.02 Å². The highest BCUT2D eigenvalue weighted by atomic mass is 35.5. The topological polar surface area (TPSA) is 79.4 Å². The first-order chi connectivity index (χ1) is 16.9. The fourth-order valence-corrected chi connectivity index (χ4v) is 5.09. The molecule has 1 aromatic heterocycles. The van der Waals surface area contributed by atoms with E-state index in [1.165, 1.54) is 51.3 Å². The summed E-state index contributed by atoms with van der Waals surface area (Å²) < 4.78 is 19.0. The average Bonchev–Trinajstić information content (AvgIpc) is 3.27. The molecule has 35 heavy (non-hydrogen) atoms. The number of nitrogens with one attached hydrogen (secondary N) is 2. The second kappa shape index (κ2) is 9.79. The Labute approximate surface area is 208 Å². The maximum absolute atomic E-state index is 13.5. The van der Waals surface area contributed by atoms with Crippen LogP contribution in [-0.4, -0.2) is 47.5 Å². The first-order valence-corrected chi connectivity index (χ1v) is 12.1. The van der Waals surface area contributed by atoms with Crippen molar-refractivity contribution in [2.75, 3.05) is 37.4 Å². The number of aromatic nitrogens is 2. The van der Waals surface area contributed by atoms with E-state index in [2.05, 4.69) is 25.5 Å². The van der Waals surface area contributed by atoms with Crippen LogP contribution in [-0.2, 0) is 4.79 Å². The van der Waals surface area contributed by atoms with Crippen molar-refractivity contribution in [3.63, 3.8) is 0 Å². The van der Waals surface area contributed by atoms with Gasteiger partial charge in [0.15, 0.2) is 0 Å². The van der Waals surface area contributed by atoms with Crippen LogP contribution in [0.25, 0.3) is 10.9 Å². The summed E-state index contributed by atoms with van der Waals surface area (Å²) in [6.45, 7) is 3.00. The number of anilines is 3. The number of likely N-dealkylation sites (tertiary alicyclic amines) is 1. The lowest BCUT2D eigenvalue weighted by atomic mass is 9.68. The zero-order valence-electron chi connectivity index (χ0n) is 19.5. The van der Waals surface area contributed by atoms with Crippen LogP contribution in [0.5, 0.6) is 5.75 Å². The molecule has 2 heterocycles. The van der Waals surface area contributed by atoms with Crippen LogP contribution < -0.4 is 15.4 Å². The predicted octanol–water partition coefficient (Wildman–Crippen LogP) is 5.55. The van der Waals surface area contributed by atoms with Crippen molar-refractivity contribution >= 4 is 45.6 Å². The van der Waals surface area contributed by atoms with Gasteiger partial charge >= 0.3 is 0 Å². The lowest BCUT2D eigenvalue weighted by molar-refractivity contribution is -0.111. The molecule has 3 aromatic rings. The summed E-state index contributed by atoms with van der Waals surface area (Å²) in [5.41, 5.74) is 2.24. The number of carbonyl (C=O) groups is 1. The number of nitrogens with zero attached hydrogens (tertiary/aromatic N) is 3. The number of rotatable bonds is 7. The molecule has 2 N–H and O–H groups in total. The fourth-order valence-electron chi connectivity index (χ4n) is 4.91. The largest absolute Gasteiger partial charge is 0.494 e. The van der Waals surface area contributed by atoms with Crippen molar-refractivity contribution in [1.29, 1.82) is 0 Å². The molecule has 5 rings (SSSR count). The second-order valence-electron chi connectivity index (χ2n) is 9.28. The van der Waals surface area contributed by atoms with E-state index in [9.17, 15) is 9.18 Å². The SMILES string of the molecule is COc1cc2ncnc(Nc3ccc(F)c(Cl)c3)c2cc1NC(=O)C=CCN1CCC2(CCC2)C1. The van der Waals surface area contributed by atoms with Crippen molar-refractivity contribution < 1.29 is 13.9 Å². The van der Waals surface area contributed by atoms with Gasteiger partial charge in [-0.05, 0) is 55.5 Å². The molecule has 1 amide bonds. The Morgan fingerprint density at radius 2 is 2.11 bits per heavy atom. The molecule has 182 valence electrons. The minimum atomic E-state index is -0.500. The summed E-state index contributed by atoms with van der Waals surface area (Å²) in [6.07, 6.45) is 10.2. The van der Waals surface area contributed by atoms with Crippen LogP contribution in [0.3, 0.4) is 0 Å². The van der Waals surface area contributed by atoms with Gasteiger partial charge < -0.3 is 15.4 Å². The van der Waals surface area contributed by atoms with Gasteiger partial charge in [-0.3, -0.25) is 9.69 Å². The Bertz CT molecular complexity index is 1290. The zero-order chi connectivity index (χ0) is 24.4. The van der Waals surface area contributed by atoms with Crippen LogP contribution in [0.1, 0.15) is 25.7 Å². The standard InChI is InChI=1S/C26H27ClFN5O2/c1-35-23-14-21-18(25(30-16-29-21)31-17-5-6-20(28)19(27)12-17)13-22(23)32-24(34)4-2-10-33-11-9-26(15-33)7-3-8-26/h2,4-6,12-14,16H,3,7-11,15H2,1H3,(H,32,34)(H,29,30,31). The molecule has 1 saturated heterocycles. The number of ether oxygens (including phenoxy) is 1. The lowest BCUT2D eigenvalue weighted by Crippen LogP contribution is -2.33. The number of amides is 1. The third-order valence-corrected chi connectivity index (χ3v) is 7.25. The number of fused-ring (bicyclic) bond motifs is 1. The van der Waals surface area contributed by atoms with Gasteiger partial charge in [0.1, 0.15) is 23.7 Å². The van der Waals surface area contributed by atoms with E-state index in [0.29, 0.717) is 39.3 Å². The minimum absolute atomic E-state index is 0.00607. The maximum Gasteiger partial charge on any atom is 0.248 e. The molecule has 9 heteroatoms. The van der Waals surface area contributed by atoms with E-state index in [1.54, 1.807) is 24.3 Å². The molecule has 0 radical (unpaired) electrons. The molecule has 1 aliphatic heterocycles. The van der Waals surface area contributed by atoms with Gasteiger partial charge in [-0.1, -0.05) is 24.1 Å². The molecule has 1 spiro atoms. The third kappa shape index (κ3) is 5.09. The van der Waals surface area contributed by atoms with Crippen molar-refractivity contribution in [2.45, 2.75) is 25.7 Å². The van der Waals surface area contributed by atoms with E-state index >= 15 is 0 Å². The number of hydrogen-bond acceptors (Lipinski definition) is 6. The molecule has 1 saturated carbocycles. The van der Waals surface area contributed by atoms with Gasteiger partial charge in [-0.25, -0.2) is 14.4 Å². The van der Waals surface area contributed by atoms with Gasteiger partial charge in [-0.2, -0.15) is 0 Å². The molecule has 2 fully saturated rings. The van der Waals surface area contributed by atoms with E-state index in [-0.39, 0.29) is 10.9 Å². The van der Waals surface area contributed by atoms with Gasteiger partial charge in [0.2, 0.25) is 5.91 Å². The van der Waals surface area contributed by atoms with Gasteiger partial charge in [0.25, 0.3) is 0 Å². The summed E-state index contributed by atoms with van der Waals surface area (Å²) in [6, 6.07) is 7.83. The molecule has 1 aliphatic carbocycles. The highest BCUT2D eigenvalue weighted by Crippen LogP contribution is 2.47. The Kier molecular flexibility index (Phi) is 6.58. The third-order valence-electron chi connectivity index (χ3n) is 6.96. The van der Waals surface area contributed by atoms with Gasteiger partial charge in [0.05, 0.1) is 23.3 Å². The monoisotopic (exact) mass is 495 g/mol. The van der Waals surface area contributed by atoms with Gasteiger partial charge in [0, 0.05) is 36.3 Å². The fraction of sp³-hybridized carbons (Fsp3) is 0.346. The molecule has 0 unspecified atom stereocenters.